The summed E-state index contributed by atoms with van der Waals surface area (Å²) in [5, 5.41) is 1.57. The normalized spacial score (nSPS) is 18.2. The molecule has 1 aromatic heterocycles. The van der Waals surface area contributed by atoms with Crippen LogP contribution in [0.1, 0.15) is 12.8 Å². The third kappa shape index (κ3) is 3.47. The van der Waals surface area contributed by atoms with Gasteiger partial charge in [-0.2, -0.15) is 4.31 Å². The van der Waals surface area contributed by atoms with Crippen molar-refractivity contribution in [2.24, 2.45) is 0 Å². The van der Waals surface area contributed by atoms with Crippen LogP contribution < -0.4 is 5.32 Å². The highest BCUT2D eigenvalue weighted by Gasteiger charge is 2.36. The van der Waals surface area contributed by atoms with Gasteiger partial charge in [0.05, 0.1) is 17.8 Å². The van der Waals surface area contributed by atoms with Gasteiger partial charge in [0.2, 0.25) is 5.91 Å². The zero-order valence-corrected chi connectivity index (χ0v) is 13.7. The second-order valence-corrected chi connectivity index (χ2v) is 9.19. The number of rotatable bonds is 5. The minimum atomic E-state index is -3.67. The van der Waals surface area contributed by atoms with E-state index in [4.69, 9.17) is 0 Å². The van der Waals surface area contributed by atoms with Crippen molar-refractivity contribution in [3.8, 4) is 0 Å². The summed E-state index contributed by atoms with van der Waals surface area (Å²) in [7, 11) is -5.87. The zero-order chi connectivity index (χ0) is 16.4. The van der Waals surface area contributed by atoms with E-state index in [1.807, 2.05) is 0 Å². The Morgan fingerprint density at radius 3 is 2.50 bits per heavy atom. The molecule has 0 radical (unpaired) electrons. The number of amides is 1. The van der Waals surface area contributed by atoms with E-state index < -0.39 is 36.8 Å². The summed E-state index contributed by atoms with van der Waals surface area (Å²) in [5.74, 6) is -1.13. The Labute approximate surface area is 129 Å². The highest BCUT2D eigenvalue weighted by Crippen LogP contribution is 2.23. The fourth-order valence-electron chi connectivity index (χ4n) is 2.33. The number of sulfonamides is 1. The van der Waals surface area contributed by atoms with Crippen LogP contribution >= 0.6 is 0 Å². The monoisotopic (exact) mass is 350 g/mol. The van der Waals surface area contributed by atoms with Crippen LogP contribution in [0.25, 0.3) is 0 Å². The average Bonchev–Trinajstić information content (AvgIpc) is 3.02. The van der Waals surface area contributed by atoms with E-state index in [0.29, 0.717) is 0 Å². The van der Waals surface area contributed by atoms with Crippen molar-refractivity contribution in [3.05, 3.63) is 12.5 Å². The standard InChI is InChI=1S/C11H18N4O5S2/c1-12-10(16)7-21(17,18)9-2-4-15(5-3-9)22(19,20)11-6-13-8-14-11/h6,8-9H,2-5,7H2,1H3,(H,12,16)(H,13,14). The number of nitrogens with zero attached hydrogens (tertiary/aromatic N) is 2. The summed E-state index contributed by atoms with van der Waals surface area (Å²) < 4.78 is 50.0. The predicted octanol–water partition coefficient (Wildman–Crippen LogP) is -1.28. The summed E-state index contributed by atoms with van der Waals surface area (Å²) in [5.41, 5.74) is 0. The van der Waals surface area contributed by atoms with Crippen LogP contribution in [0.5, 0.6) is 0 Å². The molecular formula is C11H18N4O5S2. The lowest BCUT2D eigenvalue weighted by molar-refractivity contribution is -0.118. The molecule has 1 aliphatic rings. The Morgan fingerprint density at radius 2 is 2.00 bits per heavy atom. The maximum atomic E-state index is 12.3. The van der Waals surface area contributed by atoms with Crippen LogP contribution in [0.2, 0.25) is 0 Å². The van der Waals surface area contributed by atoms with Gasteiger partial charge in [0, 0.05) is 20.1 Å². The molecule has 2 rings (SSSR count). The van der Waals surface area contributed by atoms with Gasteiger partial charge in [-0.15, -0.1) is 0 Å². The van der Waals surface area contributed by atoms with Crippen molar-refractivity contribution in [2.75, 3.05) is 25.9 Å². The lowest BCUT2D eigenvalue weighted by atomic mass is 10.2. The number of nitrogens with one attached hydrogen (secondary N) is 2. The number of aromatic amines is 1. The first-order chi connectivity index (χ1) is 10.3. The van der Waals surface area contributed by atoms with Crippen LogP contribution in [0.15, 0.2) is 17.6 Å². The molecule has 2 heterocycles. The maximum absolute atomic E-state index is 12.3. The van der Waals surface area contributed by atoms with Crippen molar-refractivity contribution in [2.45, 2.75) is 23.1 Å². The first kappa shape index (κ1) is 16.9. The largest absolute Gasteiger partial charge is 0.358 e. The second-order valence-electron chi connectivity index (χ2n) is 5.00. The topological polar surface area (TPSA) is 129 Å². The van der Waals surface area contributed by atoms with E-state index in [0.717, 1.165) is 0 Å². The molecular weight excluding hydrogens is 332 g/mol. The summed E-state index contributed by atoms with van der Waals surface area (Å²) >= 11 is 0. The Kier molecular flexibility index (Phi) is 4.87. The van der Waals surface area contributed by atoms with Gasteiger partial charge in [0.1, 0.15) is 5.75 Å². The molecule has 11 heteroatoms. The van der Waals surface area contributed by atoms with Crippen molar-refractivity contribution >= 4 is 25.8 Å². The smallest absolute Gasteiger partial charge is 0.260 e. The molecule has 1 amide bonds. The molecule has 1 aliphatic heterocycles. The fourth-order valence-corrected chi connectivity index (χ4v) is 5.37. The SMILES string of the molecule is CNC(=O)CS(=O)(=O)C1CCN(S(=O)(=O)c2cnc[nH]2)CC1. The number of piperidine rings is 1. The number of imidazole rings is 1. The summed E-state index contributed by atoms with van der Waals surface area (Å²) in [6.07, 6.45) is 2.83. The molecule has 0 spiro atoms. The number of aromatic nitrogens is 2. The van der Waals surface area contributed by atoms with E-state index in [1.165, 1.54) is 23.9 Å². The minimum Gasteiger partial charge on any atom is -0.358 e. The van der Waals surface area contributed by atoms with Crippen LogP contribution in [0.4, 0.5) is 0 Å². The first-order valence-electron chi connectivity index (χ1n) is 6.68. The van der Waals surface area contributed by atoms with Crippen LogP contribution in [0.3, 0.4) is 0 Å². The first-order valence-corrected chi connectivity index (χ1v) is 9.83. The van der Waals surface area contributed by atoms with E-state index in [9.17, 15) is 21.6 Å². The van der Waals surface area contributed by atoms with Gasteiger partial charge in [-0.1, -0.05) is 0 Å². The summed E-state index contributed by atoms with van der Waals surface area (Å²) in [6, 6.07) is 0. The Hall–Kier alpha value is -1.46. The highest BCUT2D eigenvalue weighted by molar-refractivity contribution is 7.92. The molecule has 2 N–H and O–H groups in total. The van der Waals surface area contributed by atoms with E-state index >= 15 is 0 Å². The van der Waals surface area contributed by atoms with Gasteiger partial charge in [0.25, 0.3) is 10.0 Å². The average molecular weight is 350 g/mol. The number of carbonyl (C=O) groups is 1. The van der Waals surface area contributed by atoms with Crippen molar-refractivity contribution in [1.29, 1.82) is 0 Å². The lowest BCUT2D eigenvalue weighted by Crippen LogP contribution is -2.44. The van der Waals surface area contributed by atoms with Crippen LogP contribution in [-0.2, 0) is 24.7 Å². The Morgan fingerprint density at radius 1 is 1.36 bits per heavy atom. The van der Waals surface area contributed by atoms with Crippen LogP contribution in [-0.4, -0.2) is 68.2 Å². The van der Waals surface area contributed by atoms with E-state index in [-0.39, 0.29) is 31.0 Å². The third-order valence-electron chi connectivity index (χ3n) is 3.61. The van der Waals surface area contributed by atoms with Gasteiger partial charge in [-0.3, -0.25) is 4.79 Å². The summed E-state index contributed by atoms with van der Waals surface area (Å²) in [6.45, 7) is 0.192. The quantitative estimate of drug-likeness (QED) is 0.681. The highest BCUT2D eigenvalue weighted by atomic mass is 32.2. The predicted molar refractivity (Wildman–Crippen MR) is 78.2 cm³/mol. The molecule has 0 bridgehead atoms. The van der Waals surface area contributed by atoms with Gasteiger partial charge in [0.15, 0.2) is 14.9 Å². The summed E-state index contributed by atoms with van der Waals surface area (Å²) in [4.78, 5) is 17.5. The fraction of sp³-hybridized carbons (Fsp3) is 0.636. The number of carbonyl (C=O) groups excluding carboxylic acids is 1. The number of sulfone groups is 1. The van der Waals surface area contributed by atoms with Crippen molar-refractivity contribution in [1.82, 2.24) is 19.6 Å². The maximum Gasteiger partial charge on any atom is 0.260 e. The molecule has 0 atom stereocenters. The van der Waals surface area contributed by atoms with E-state index in [1.54, 1.807) is 0 Å². The lowest BCUT2D eigenvalue weighted by Gasteiger charge is -2.30. The molecule has 1 fully saturated rings. The Balaban J connectivity index is 2.03. The molecule has 124 valence electrons. The third-order valence-corrected chi connectivity index (χ3v) is 7.59. The second kappa shape index (κ2) is 6.34. The molecule has 0 unspecified atom stereocenters. The molecule has 0 saturated carbocycles. The molecule has 1 saturated heterocycles. The van der Waals surface area contributed by atoms with E-state index in [2.05, 4.69) is 15.3 Å². The minimum absolute atomic E-state index is 0.0147. The molecule has 9 nitrogen and oxygen atoms in total. The van der Waals surface area contributed by atoms with Gasteiger partial charge in [-0.25, -0.2) is 21.8 Å². The Bertz CT molecular complexity index is 719. The van der Waals surface area contributed by atoms with Crippen LogP contribution in [0, 0.1) is 0 Å². The molecule has 1 aromatic rings. The van der Waals surface area contributed by atoms with Crippen molar-refractivity contribution in [3.63, 3.8) is 0 Å². The number of hydrogen-bond donors (Lipinski definition) is 2. The van der Waals surface area contributed by atoms with Crippen molar-refractivity contribution < 1.29 is 21.6 Å². The van der Waals surface area contributed by atoms with Gasteiger partial charge in [-0.05, 0) is 12.8 Å². The number of hydrogen-bond acceptors (Lipinski definition) is 6. The van der Waals surface area contributed by atoms with Gasteiger partial charge < -0.3 is 10.3 Å². The van der Waals surface area contributed by atoms with Gasteiger partial charge >= 0.3 is 0 Å². The molecule has 0 aromatic carbocycles. The number of H-pyrrole nitrogens is 1. The zero-order valence-electron chi connectivity index (χ0n) is 12.0. The molecule has 22 heavy (non-hydrogen) atoms. The molecule has 0 aliphatic carbocycles.